The van der Waals surface area contributed by atoms with Gasteiger partial charge in [-0.3, -0.25) is 0 Å². The van der Waals surface area contributed by atoms with Crippen molar-refractivity contribution in [2.45, 2.75) is 0 Å². The summed E-state index contributed by atoms with van der Waals surface area (Å²) in [7, 11) is 0. The summed E-state index contributed by atoms with van der Waals surface area (Å²) >= 11 is 0. The first-order chi connectivity index (χ1) is 14.0. The molecule has 0 aliphatic carbocycles. The molecule has 0 saturated carbocycles. The zero-order valence-corrected chi connectivity index (χ0v) is 14.7. The molecule has 0 unspecified atom stereocenters. The van der Waals surface area contributed by atoms with Crippen LogP contribution in [-0.4, -0.2) is 15.0 Å². The number of nitrogens with one attached hydrogen (secondary N) is 2. The Bertz CT molecular complexity index is 1140. The molecule has 0 spiro atoms. The molecule has 29 heavy (non-hydrogen) atoms. The number of nitrogens with zero attached hydrogens (tertiary/aromatic N) is 5. The van der Waals surface area contributed by atoms with E-state index in [1.165, 1.54) is 6.08 Å². The standard InChI is InChI=1S/C19H12F2N8/c20-14-8-12(2-1-7-22)9-15(21)16(14)26-19-28-17(24)27-18(29-19)25-13-5-3-11(10-23)4-6-13/h1-6,8-9H,(H4,24,25,26,27,28,29). The summed E-state index contributed by atoms with van der Waals surface area (Å²) in [6.45, 7) is 0. The second kappa shape index (κ2) is 8.41. The first-order valence-corrected chi connectivity index (χ1v) is 8.09. The number of benzene rings is 2. The van der Waals surface area contributed by atoms with Crippen LogP contribution < -0.4 is 16.4 Å². The second-order valence-corrected chi connectivity index (χ2v) is 5.60. The predicted molar refractivity (Wildman–Crippen MR) is 103 cm³/mol. The summed E-state index contributed by atoms with van der Waals surface area (Å²) in [6, 6.07) is 12.3. The lowest BCUT2D eigenvalue weighted by Crippen LogP contribution is -2.08. The summed E-state index contributed by atoms with van der Waals surface area (Å²) < 4.78 is 28.6. The van der Waals surface area contributed by atoms with E-state index in [0.29, 0.717) is 11.3 Å². The smallest absolute Gasteiger partial charge is 0.233 e. The number of nitrogens with two attached hydrogens (primary N) is 1. The van der Waals surface area contributed by atoms with E-state index >= 15 is 0 Å². The van der Waals surface area contributed by atoms with Gasteiger partial charge in [0.15, 0.2) is 0 Å². The minimum atomic E-state index is -0.900. The average Bonchev–Trinajstić information content (AvgIpc) is 2.69. The van der Waals surface area contributed by atoms with Crippen molar-refractivity contribution in [1.29, 1.82) is 10.5 Å². The molecular weight excluding hydrogens is 378 g/mol. The van der Waals surface area contributed by atoms with Gasteiger partial charge in [-0.05, 0) is 48.0 Å². The Morgan fingerprint density at radius 2 is 1.55 bits per heavy atom. The number of aromatic nitrogens is 3. The second-order valence-electron chi connectivity index (χ2n) is 5.60. The van der Waals surface area contributed by atoms with E-state index in [0.717, 1.165) is 18.2 Å². The average molecular weight is 390 g/mol. The maximum Gasteiger partial charge on any atom is 0.233 e. The van der Waals surface area contributed by atoms with Crippen molar-refractivity contribution in [1.82, 2.24) is 15.0 Å². The molecule has 8 nitrogen and oxygen atoms in total. The monoisotopic (exact) mass is 390 g/mol. The lowest BCUT2D eigenvalue weighted by atomic mass is 10.1. The van der Waals surface area contributed by atoms with E-state index in [1.54, 1.807) is 30.3 Å². The number of halogens is 2. The molecule has 3 rings (SSSR count). The van der Waals surface area contributed by atoms with Crippen LogP contribution in [-0.2, 0) is 0 Å². The number of anilines is 5. The van der Waals surface area contributed by atoms with E-state index in [-0.39, 0.29) is 23.4 Å². The zero-order valence-electron chi connectivity index (χ0n) is 14.7. The Labute approximate surface area is 164 Å². The fourth-order valence-electron chi connectivity index (χ4n) is 2.31. The SMILES string of the molecule is N#CC=Cc1cc(F)c(Nc2nc(N)nc(Nc3ccc(C#N)cc3)n2)c(F)c1. The van der Waals surface area contributed by atoms with Crippen molar-refractivity contribution in [3.8, 4) is 12.1 Å². The Hall–Kier alpha value is -4.57. The van der Waals surface area contributed by atoms with Crippen molar-refractivity contribution >= 4 is 35.3 Å². The third kappa shape index (κ3) is 4.78. The molecule has 0 saturated heterocycles. The lowest BCUT2D eigenvalue weighted by Gasteiger charge is -2.11. The first-order valence-electron chi connectivity index (χ1n) is 8.09. The number of nitrogen functional groups attached to an aromatic ring is 1. The maximum atomic E-state index is 14.3. The van der Waals surface area contributed by atoms with Crippen LogP contribution >= 0.6 is 0 Å². The summed E-state index contributed by atoms with van der Waals surface area (Å²) in [6.07, 6.45) is 2.38. The van der Waals surface area contributed by atoms with Gasteiger partial charge in [0.1, 0.15) is 17.3 Å². The van der Waals surface area contributed by atoms with Crippen molar-refractivity contribution in [2.24, 2.45) is 0 Å². The molecule has 1 heterocycles. The Balaban J connectivity index is 1.86. The van der Waals surface area contributed by atoms with Gasteiger partial charge in [-0.15, -0.1) is 0 Å². The van der Waals surface area contributed by atoms with Gasteiger partial charge in [0.05, 0.1) is 17.7 Å². The van der Waals surface area contributed by atoms with Crippen molar-refractivity contribution in [3.05, 3.63) is 65.2 Å². The highest BCUT2D eigenvalue weighted by atomic mass is 19.1. The normalized spacial score (nSPS) is 10.3. The Kier molecular flexibility index (Phi) is 5.57. The molecule has 0 fully saturated rings. The van der Waals surface area contributed by atoms with Crippen LogP contribution in [0.25, 0.3) is 6.08 Å². The van der Waals surface area contributed by atoms with E-state index in [9.17, 15) is 8.78 Å². The van der Waals surface area contributed by atoms with E-state index < -0.39 is 17.3 Å². The summed E-state index contributed by atoms with van der Waals surface area (Å²) in [5.41, 5.74) is 6.42. The highest BCUT2D eigenvalue weighted by Crippen LogP contribution is 2.25. The minimum Gasteiger partial charge on any atom is -0.368 e. The van der Waals surface area contributed by atoms with Crippen LogP contribution in [0.1, 0.15) is 11.1 Å². The molecule has 0 aliphatic heterocycles. The molecular formula is C19H12F2N8. The third-order valence-corrected chi connectivity index (χ3v) is 3.57. The van der Waals surface area contributed by atoms with Gasteiger partial charge in [-0.25, -0.2) is 8.78 Å². The molecule has 10 heteroatoms. The van der Waals surface area contributed by atoms with Gasteiger partial charge in [0.25, 0.3) is 0 Å². The van der Waals surface area contributed by atoms with Crippen molar-refractivity contribution < 1.29 is 8.78 Å². The minimum absolute atomic E-state index is 0.0408. The van der Waals surface area contributed by atoms with Crippen molar-refractivity contribution in [3.63, 3.8) is 0 Å². The highest BCUT2D eigenvalue weighted by molar-refractivity contribution is 5.63. The molecule has 3 aromatic rings. The van der Waals surface area contributed by atoms with Gasteiger partial charge in [0.2, 0.25) is 17.8 Å². The Morgan fingerprint density at radius 3 is 2.14 bits per heavy atom. The molecule has 2 aromatic carbocycles. The predicted octanol–water partition coefficient (Wildman–Crippen LogP) is 3.63. The largest absolute Gasteiger partial charge is 0.368 e. The van der Waals surface area contributed by atoms with Gasteiger partial charge in [-0.2, -0.15) is 25.5 Å². The molecule has 1 aromatic heterocycles. The fourth-order valence-corrected chi connectivity index (χ4v) is 2.31. The number of hydrogen-bond acceptors (Lipinski definition) is 8. The third-order valence-electron chi connectivity index (χ3n) is 3.57. The van der Waals surface area contributed by atoms with E-state index in [4.69, 9.17) is 16.3 Å². The molecule has 142 valence electrons. The van der Waals surface area contributed by atoms with E-state index in [2.05, 4.69) is 25.6 Å². The van der Waals surface area contributed by atoms with Gasteiger partial charge < -0.3 is 16.4 Å². The molecule has 4 N–H and O–H groups in total. The summed E-state index contributed by atoms with van der Waals surface area (Å²) in [4.78, 5) is 11.8. The molecule has 0 amide bonds. The quantitative estimate of drug-likeness (QED) is 0.562. The lowest BCUT2D eigenvalue weighted by molar-refractivity contribution is 0.589. The van der Waals surface area contributed by atoms with Gasteiger partial charge >= 0.3 is 0 Å². The molecule has 0 bridgehead atoms. The highest BCUT2D eigenvalue weighted by Gasteiger charge is 2.13. The van der Waals surface area contributed by atoms with Crippen LogP contribution in [0.15, 0.2) is 42.5 Å². The van der Waals surface area contributed by atoms with Crippen LogP contribution in [0, 0.1) is 34.3 Å². The topological polar surface area (TPSA) is 136 Å². The van der Waals surface area contributed by atoms with Crippen molar-refractivity contribution in [2.75, 3.05) is 16.4 Å². The summed E-state index contributed by atoms with van der Waals surface area (Å²) in [5.74, 6) is -2.11. The Morgan fingerprint density at radius 1 is 0.931 bits per heavy atom. The van der Waals surface area contributed by atoms with E-state index in [1.807, 2.05) is 6.07 Å². The molecule has 0 aliphatic rings. The van der Waals surface area contributed by atoms with Crippen LogP contribution in [0.4, 0.5) is 38.0 Å². The zero-order chi connectivity index (χ0) is 20.8. The number of allylic oxidation sites excluding steroid dienone is 1. The number of rotatable bonds is 5. The van der Waals surface area contributed by atoms with Gasteiger partial charge in [0, 0.05) is 11.8 Å². The summed E-state index contributed by atoms with van der Waals surface area (Å²) in [5, 5.41) is 22.6. The molecule has 0 atom stereocenters. The number of hydrogen-bond donors (Lipinski definition) is 3. The van der Waals surface area contributed by atoms with Gasteiger partial charge in [-0.1, -0.05) is 0 Å². The van der Waals surface area contributed by atoms with Crippen LogP contribution in [0.5, 0.6) is 0 Å². The molecule has 0 radical (unpaired) electrons. The fraction of sp³-hybridized carbons (Fsp3) is 0. The van der Waals surface area contributed by atoms with Crippen LogP contribution in [0.2, 0.25) is 0 Å². The first kappa shape index (κ1) is 19.2. The maximum absolute atomic E-state index is 14.3. The van der Waals surface area contributed by atoms with Crippen LogP contribution in [0.3, 0.4) is 0 Å². The number of nitriles is 2.